The van der Waals surface area contributed by atoms with Gasteiger partial charge in [0, 0.05) is 22.9 Å². The fourth-order valence-electron chi connectivity index (χ4n) is 2.46. The first-order chi connectivity index (χ1) is 9.65. The molecular weight excluding hydrogens is 316 g/mol. The van der Waals surface area contributed by atoms with Gasteiger partial charge in [0.05, 0.1) is 13.1 Å². The highest BCUT2D eigenvalue weighted by Gasteiger charge is 2.27. The van der Waals surface area contributed by atoms with Crippen molar-refractivity contribution in [2.75, 3.05) is 23.5 Å². The van der Waals surface area contributed by atoms with Gasteiger partial charge in [-0.2, -0.15) is 0 Å². The minimum atomic E-state index is 0.162. The summed E-state index contributed by atoms with van der Waals surface area (Å²) in [5.74, 6) is 0.162. The van der Waals surface area contributed by atoms with Crippen molar-refractivity contribution in [3.8, 4) is 0 Å². The molecule has 3 nitrogen and oxygen atoms in total. The predicted octanol–water partition coefficient (Wildman–Crippen LogP) is 3.43. The van der Waals surface area contributed by atoms with Crippen molar-refractivity contribution < 1.29 is 4.79 Å². The molecule has 0 N–H and O–H groups in total. The van der Waals surface area contributed by atoms with E-state index in [9.17, 15) is 4.79 Å². The minimum absolute atomic E-state index is 0.162. The summed E-state index contributed by atoms with van der Waals surface area (Å²) < 4.78 is 1.05. The van der Waals surface area contributed by atoms with Crippen LogP contribution in [0, 0.1) is 0 Å². The van der Waals surface area contributed by atoms with Crippen LogP contribution in [0.25, 0.3) is 0 Å². The van der Waals surface area contributed by atoms with Crippen molar-refractivity contribution in [2.24, 2.45) is 0 Å². The van der Waals surface area contributed by atoms with Crippen LogP contribution in [0.15, 0.2) is 53.0 Å². The summed E-state index contributed by atoms with van der Waals surface area (Å²) in [5, 5.41) is 0. The first-order valence-electron chi connectivity index (χ1n) is 6.50. The Balaban J connectivity index is 1.81. The van der Waals surface area contributed by atoms with Gasteiger partial charge in [0.25, 0.3) is 0 Å². The molecule has 0 fully saturated rings. The molecule has 1 heterocycles. The highest BCUT2D eigenvalue weighted by molar-refractivity contribution is 9.10. The van der Waals surface area contributed by atoms with Gasteiger partial charge in [0.15, 0.2) is 0 Å². The summed E-state index contributed by atoms with van der Waals surface area (Å²) in [6, 6.07) is 16.1. The third-order valence-electron chi connectivity index (χ3n) is 3.55. The number of para-hydroxylation sites is 1. The normalized spacial score (nSPS) is 13.5. The summed E-state index contributed by atoms with van der Waals surface area (Å²) in [6.45, 7) is 0.567. The van der Waals surface area contributed by atoms with Gasteiger partial charge in [-0.1, -0.05) is 34.1 Å². The maximum absolute atomic E-state index is 12.1. The summed E-state index contributed by atoms with van der Waals surface area (Å²) in [6.07, 6.45) is 0.504. The van der Waals surface area contributed by atoms with Crippen LogP contribution in [0.1, 0.15) is 5.56 Å². The van der Waals surface area contributed by atoms with Crippen LogP contribution in [0.2, 0.25) is 0 Å². The molecule has 1 aliphatic heterocycles. The molecule has 0 saturated heterocycles. The Bertz CT molecular complexity index is 639. The van der Waals surface area contributed by atoms with E-state index in [1.807, 2.05) is 60.5 Å². The Kier molecular flexibility index (Phi) is 3.49. The molecule has 2 aromatic rings. The molecule has 0 aromatic heterocycles. The monoisotopic (exact) mass is 330 g/mol. The fourth-order valence-corrected chi connectivity index (χ4v) is 2.73. The van der Waals surface area contributed by atoms with Crippen molar-refractivity contribution in [2.45, 2.75) is 6.42 Å². The number of amides is 1. The summed E-state index contributed by atoms with van der Waals surface area (Å²) >= 11 is 3.43. The molecule has 2 aromatic carbocycles. The maximum Gasteiger partial charge on any atom is 0.232 e. The topological polar surface area (TPSA) is 23.6 Å². The number of nitrogens with zero attached hydrogens (tertiary/aromatic N) is 2. The van der Waals surface area contributed by atoms with E-state index in [0.29, 0.717) is 13.1 Å². The lowest BCUT2D eigenvalue weighted by Gasteiger charge is -2.26. The van der Waals surface area contributed by atoms with Crippen LogP contribution in [-0.4, -0.2) is 19.6 Å². The van der Waals surface area contributed by atoms with Crippen LogP contribution < -0.4 is 9.80 Å². The number of halogens is 1. The first kappa shape index (κ1) is 13.2. The molecule has 0 spiro atoms. The number of carbonyl (C=O) groups excluding carboxylic acids is 1. The lowest BCUT2D eigenvalue weighted by atomic mass is 10.2. The Morgan fingerprint density at radius 2 is 1.85 bits per heavy atom. The van der Waals surface area contributed by atoms with Crippen molar-refractivity contribution in [1.82, 2.24) is 0 Å². The zero-order valence-electron chi connectivity index (χ0n) is 11.2. The van der Waals surface area contributed by atoms with Gasteiger partial charge in [-0.05, 0) is 35.9 Å². The molecule has 3 rings (SSSR count). The Morgan fingerprint density at radius 1 is 1.15 bits per heavy atom. The molecule has 1 aliphatic rings. The van der Waals surface area contributed by atoms with Crippen molar-refractivity contribution in [3.63, 3.8) is 0 Å². The van der Waals surface area contributed by atoms with Crippen LogP contribution >= 0.6 is 15.9 Å². The summed E-state index contributed by atoms with van der Waals surface area (Å²) in [5.41, 5.74) is 3.23. The molecule has 0 radical (unpaired) electrons. The second-order valence-electron chi connectivity index (χ2n) is 4.94. The van der Waals surface area contributed by atoms with E-state index in [-0.39, 0.29) is 5.91 Å². The van der Waals surface area contributed by atoms with E-state index in [1.54, 1.807) is 0 Å². The molecule has 0 unspecified atom stereocenters. The van der Waals surface area contributed by atoms with Gasteiger partial charge in [0.2, 0.25) is 5.91 Å². The number of hydrogen-bond donors (Lipinski definition) is 0. The fraction of sp³-hybridized carbons (Fsp3) is 0.188. The average Bonchev–Trinajstić information content (AvgIpc) is 2.76. The van der Waals surface area contributed by atoms with Crippen molar-refractivity contribution in [3.05, 3.63) is 58.6 Å². The quantitative estimate of drug-likeness (QED) is 0.860. The van der Waals surface area contributed by atoms with Crippen LogP contribution in [0.4, 0.5) is 11.4 Å². The molecule has 1 amide bonds. The zero-order valence-corrected chi connectivity index (χ0v) is 12.8. The lowest BCUT2D eigenvalue weighted by molar-refractivity contribution is -0.117. The highest BCUT2D eigenvalue weighted by Crippen LogP contribution is 2.29. The van der Waals surface area contributed by atoms with Gasteiger partial charge in [-0.15, -0.1) is 0 Å². The molecular formula is C16H15BrN2O. The Morgan fingerprint density at radius 3 is 2.60 bits per heavy atom. The van der Waals surface area contributed by atoms with Crippen molar-refractivity contribution >= 4 is 33.2 Å². The minimum Gasteiger partial charge on any atom is -0.356 e. The van der Waals surface area contributed by atoms with Crippen LogP contribution in [-0.2, 0) is 11.2 Å². The Labute approximate surface area is 126 Å². The van der Waals surface area contributed by atoms with Crippen LogP contribution in [0.5, 0.6) is 0 Å². The SMILES string of the molecule is CN(CN1C(=O)Cc2ccccc21)c1ccc(Br)cc1. The second-order valence-corrected chi connectivity index (χ2v) is 5.86. The van der Waals surface area contributed by atoms with Gasteiger partial charge < -0.3 is 4.90 Å². The van der Waals surface area contributed by atoms with Gasteiger partial charge in [-0.3, -0.25) is 9.69 Å². The second kappa shape index (κ2) is 5.29. The number of anilines is 2. The largest absolute Gasteiger partial charge is 0.356 e. The number of benzene rings is 2. The van der Waals surface area contributed by atoms with Gasteiger partial charge >= 0.3 is 0 Å². The third-order valence-corrected chi connectivity index (χ3v) is 4.07. The molecule has 102 valence electrons. The molecule has 4 heteroatoms. The predicted molar refractivity (Wildman–Crippen MR) is 85.0 cm³/mol. The van der Waals surface area contributed by atoms with E-state index < -0.39 is 0 Å². The lowest BCUT2D eigenvalue weighted by Crippen LogP contribution is -2.37. The average molecular weight is 331 g/mol. The first-order valence-corrected chi connectivity index (χ1v) is 7.29. The third kappa shape index (κ3) is 2.43. The van der Waals surface area contributed by atoms with Crippen LogP contribution in [0.3, 0.4) is 0 Å². The number of carbonyl (C=O) groups is 1. The van der Waals surface area contributed by atoms with Crippen molar-refractivity contribution in [1.29, 1.82) is 0 Å². The molecule has 0 saturated carbocycles. The molecule has 20 heavy (non-hydrogen) atoms. The van der Waals surface area contributed by atoms with Gasteiger partial charge in [0.1, 0.15) is 0 Å². The Hall–Kier alpha value is -1.81. The molecule has 0 bridgehead atoms. The molecule has 0 atom stereocenters. The summed E-state index contributed by atoms with van der Waals surface area (Å²) in [4.78, 5) is 16.1. The number of hydrogen-bond acceptors (Lipinski definition) is 2. The highest BCUT2D eigenvalue weighted by atomic mass is 79.9. The van der Waals surface area contributed by atoms with E-state index in [1.165, 1.54) is 0 Å². The standard InChI is InChI=1S/C16H15BrN2O/c1-18(14-8-6-13(17)7-9-14)11-19-15-5-3-2-4-12(15)10-16(19)20/h2-9H,10-11H2,1H3. The number of fused-ring (bicyclic) bond motifs is 1. The molecule has 0 aliphatic carbocycles. The van der Waals surface area contributed by atoms with E-state index in [4.69, 9.17) is 0 Å². The summed E-state index contributed by atoms with van der Waals surface area (Å²) in [7, 11) is 2.00. The maximum atomic E-state index is 12.1. The van der Waals surface area contributed by atoms with E-state index >= 15 is 0 Å². The zero-order chi connectivity index (χ0) is 14.1. The van der Waals surface area contributed by atoms with E-state index in [0.717, 1.165) is 21.4 Å². The smallest absolute Gasteiger partial charge is 0.232 e. The van der Waals surface area contributed by atoms with E-state index in [2.05, 4.69) is 20.8 Å². The number of rotatable bonds is 3. The van der Waals surface area contributed by atoms with Gasteiger partial charge in [-0.25, -0.2) is 0 Å².